The predicted molar refractivity (Wildman–Crippen MR) is 82.4 cm³/mol. The standard InChI is InChI=1S/C14H13ClN2O2S/c1-7-5-8(3-4-11(7)20)10-6-9(16)12(15)13(17-10)14(18)19-2/h3-6,20H,1-2H3,(H2,16,17). The second-order valence-electron chi connectivity index (χ2n) is 4.25. The number of anilines is 1. The number of nitrogens with two attached hydrogens (primary N) is 1. The molecule has 0 radical (unpaired) electrons. The second-order valence-corrected chi connectivity index (χ2v) is 5.11. The van der Waals surface area contributed by atoms with Crippen LogP contribution in [0.4, 0.5) is 5.69 Å². The number of hydrogen-bond donors (Lipinski definition) is 2. The van der Waals surface area contributed by atoms with Crippen LogP contribution >= 0.6 is 24.2 Å². The molecule has 0 amide bonds. The first kappa shape index (κ1) is 14.7. The van der Waals surface area contributed by atoms with Crippen LogP contribution in [0.3, 0.4) is 0 Å². The Kier molecular flexibility index (Phi) is 4.20. The van der Waals surface area contributed by atoms with Crippen molar-refractivity contribution in [1.82, 2.24) is 4.98 Å². The first-order valence-electron chi connectivity index (χ1n) is 5.78. The highest BCUT2D eigenvalue weighted by atomic mass is 35.5. The first-order valence-corrected chi connectivity index (χ1v) is 6.61. The highest BCUT2D eigenvalue weighted by Crippen LogP contribution is 2.29. The van der Waals surface area contributed by atoms with E-state index in [0.29, 0.717) is 5.69 Å². The molecular weight excluding hydrogens is 296 g/mol. The van der Waals surface area contributed by atoms with E-state index in [0.717, 1.165) is 16.0 Å². The highest BCUT2D eigenvalue weighted by molar-refractivity contribution is 7.80. The molecule has 2 aromatic rings. The van der Waals surface area contributed by atoms with E-state index in [9.17, 15) is 4.79 Å². The maximum atomic E-state index is 11.7. The lowest BCUT2D eigenvalue weighted by Crippen LogP contribution is -2.08. The number of pyridine rings is 1. The quantitative estimate of drug-likeness (QED) is 0.659. The van der Waals surface area contributed by atoms with Crippen LogP contribution in [0.2, 0.25) is 5.02 Å². The molecule has 0 fully saturated rings. The number of aromatic nitrogens is 1. The van der Waals surface area contributed by atoms with Gasteiger partial charge < -0.3 is 10.5 Å². The zero-order valence-corrected chi connectivity index (χ0v) is 12.6. The number of ether oxygens (including phenoxy) is 1. The first-order chi connectivity index (χ1) is 9.43. The molecule has 0 aliphatic rings. The Morgan fingerprint density at radius 1 is 1.40 bits per heavy atom. The van der Waals surface area contributed by atoms with Crippen LogP contribution in [0, 0.1) is 6.92 Å². The van der Waals surface area contributed by atoms with Crippen molar-refractivity contribution in [2.45, 2.75) is 11.8 Å². The van der Waals surface area contributed by atoms with E-state index >= 15 is 0 Å². The molecule has 0 aliphatic carbocycles. The number of hydrogen-bond acceptors (Lipinski definition) is 5. The zero-order valence-electron chi connectivity index (χ0n) is 11.0. The van der Waals surface area contributed by atoms with Crippen molar-refractivity contribution in [2.24, 2.45) is 0 Å². The topological polar surface area (TPSA) is 65.2 Å². The Morgan fingerprint density at radius 2 is 2.10 bits per heavy atom. The Labute approximate surface area is 127 Å². The molecule has 0 saturated heterocycles. The van der Waals surface area contributed by atoms with Crippen LogP contribution in [0.25, 0.3) is 11.3 Å². The number of aryl methyl sites for hydroxylation is 1. The van der Waals surface area contributed by atoms with Gasteiger partial charge in [-0.1, -0.05) is 17.7 Å². The summed E-state index contributed by atoms with van der Waals surface area (Å²) < 4.78 is 4.65. The van der Waals surface area contributed by atoms with Crippen molar-refractivity contribution in [3.63, 3.8) is 0 Å². The molecule has 20 heavy (non-hydrogen) atoms. The number of benzene rings is 1. The molecule has 1 heterocycles. The summed E-state index contributed by atoms with van der Waals surface area (Å²) in [4.78, 5) is 16.8. The maximum absolute atomic E-state index is 11.7. The van der Waals surface area contributed by atoms with Crippen LogP contribution in [0.1, 0.15) is 16.1 Å². The van der Waals surface area contributed by atoms with Crippen LogP contribution < -0.4 is 5.73 Å². The van der Waals surface area contributed by atoms with Gasteiger partial charge in [-0.3, -0.25) is 0 Å². The van der Waals surface area contributed by atoms with Crippen molar-refractivity contribution in [1.29, 1.82) is 0 Å². The molecule has 0 unspecified atom stereocenters. The van der Waals surface area contributed by atoms with Crippen LogP contribution in [-0.2, 0) is 4.74 Å². The predicted octanol–water partition coefficient (Wildman–Crippen LogP) is 3.37. The van der Waals surface area contributed by atoms with Gasteiger partial charge >= 0.3 is 5.97 Å². The third kappa shape index (κ3) is 2.73. The fourth-order valence-electron chi connectivity index (χ4n) is 1.74. The molecule has 4 nitrogen and oxygen atoms in total. The van der Waals surface area contributed by atoms with Gasteiger partial charge in [-0.15, -0.1) is 12.6 Å². The van der Waals surface area contributed by atoms with Gasteiger partial charge in [0.05, 0.1) is 23.5 Å². The molecule has 0 aliphatic heterocycles. The van der Waals surface area contributed by atoms with E-state index in [-0.39, 0.29) is 16.4 Å². The average Bonchev–Trinajstić information content (AvgIpc) is 2.44. The lowest BCUT2D eigenvalue weighted by molar-refractivity contribution is 0.0594. The number of nitrogens with zero attached hydrogens (tertiary/aromatic N) is 1. The van der Waals surface area contributed by atoms with Crippen molar-refractivity contribution in [3.05, 3.63) is 40.5 Å². The van der Waals surface area contributed by atoms with Crippen LogP contribution in [-0.4, -0.2) is 18.1 Å². The van der Waals surface area contributed by atoms with E-state index in [1.54, 1.807) is 6.07 Å². The molecule has 0 bridgehead atoms. The summed E-state index contributed by atoms with van der Waals surface area (Å²) >= 11 is 10.3. The molecule has 2 rings (SSSR count). The van der Waals surface area contributed by atoms with Gasteiger partial charge in [0.15, 0.2) is 5.69 Å². The third-order valence-corrected chi connectivity index (χ3v) is 3.76. The number of carbonyl (C=O) groups excluding carboxylic acids is 1. The number of nitrogen functional groups attached to an aromatic ring is 1. The average molecular weight is 309 g/mol. The maximum Gasteiger partial charge on any atom is 0.358 e. The summed E-state index contributed by atoms with van der Waals surface area (Å²) in [5.41, 5.74) is 8.50. The zero-order chi connectivity index (χ0) is 14.9. The van der Waals surface area contributed by atoms with Gasteiger partial charge in [-0.2, -0.15) is 0 Å². The number of rotatable bonds is 2. The summed E-state index contributed by atoms with van der Waals surface area (Å²) in [6, 6.07) is 7.25. The summed E-state index contributed by atoms with van der Waals surface area (Å²) in [5, 5.41) is 0.100. The normalized spacial score (nSPS) is 10.4. The van der Waals surface area contributed by atoms with Crippen molar-refractivity contribution in [2.75, 3.05) is 12.8 Å². The fourth-order valence-corrected chi connectivity index (χ4v) is 2.06. The lowest BCUT2D eigenvalue weighted by atomic mass is 10.1. The van der Waals surface area contributed by atoms with Gasteiger partial charge in [-0.25, -0.2) is 9.78 Å². The molecule has 6 heteroatoms. The van der Waals surface area contributed by atoms with Crippen molar-refractivity contribution >= 4 is 35.9 Å². The van der Waals surface area contributed by atoms with E-state index in [4.69, 9.17) is 17.3 Å². The highest BCUT2D eigenvalue weighted by Gasteiger charge is 2.17. The van der Waals surface area contributed by atoms with Crippen LogP contribution in [0.15, 0.2) is 29.2 Å². The van der Waals surface area contributed by atoms with E-state index < -0.39 is 5.97 Å². The minimum absolute atomic E-state index is 0.0109. The number of thiol groups is 1. The summed E-state index contributed by atoms with van der Waals surface area (Å²) in [7, 11) is 1.27. The Morgan fingerprint density at radius 3 is 2.70 bits per heavy atom. The minimum Gasteiger partial charge on any atom is -0.464 e. The second kappa shape index (κ2) is 5.73. The number of carbonyl (C=O) groups is 1. The minimum atomic E-state index is -0.619. The number of halogens is 1. The number of methoxy groups -OCH3 is 1. The lowest BCUT2D eigenvalue weighted by Gasteiger charge is -2.09. The van der Waals surface area contributed by atoms with E-state index in [2.05, 4.69) is 22.3 Å². The largest absolute Gasteiger partial charge is 0.464 e. The molecule has 2 N–H and O–H groups in total. The van der Waals surface area contributed by atoms with E-state index in [1.807, 2.05) is 25.1 Å². The summed E-state index contributed by atoms with van der Waals surface area (Å²) in [5.74, 6) is -0.619. The molecular formula is C14H13ClN2O2S. The van der Waals surface area contributed by atoms with Gasteiger partial charge in [0, 0.05) is 10.5 Å². The molecule has 0 saturated carbocycles. The number of esters is 1. The Bertz CT molecular complexity index is 689. The van der Waals surface area contributed by atoms with Gasteiger partial charge in [0.25, 0.3) is 0 Å². The Balaban J connectivity index is 2.60. The monoisotopic (exact) mass is 308 g/mol. The summed E-state index contributed by atoms with van der Waals surface area (Å²) in [6.07, 6.45) is 0. The molecule has 1 aromatic heterocycles. The van der Waals surface area contributed by atoms with Crippen LogP contribution in [0.5, 0.6) is 0 Å². The SMILES string of the molecule is COC(=O)c1nc(-c2ccc(S)c(C)c2)cc(N)c1Cl. The van der Waals surface area contributed by atoms with Gasteiger partial charge in [0.1, 0.15) is 0 Å². The molecule has 104 valence electrons. The van der Waals surface area contributed by atoms with Crippen molar-refractivity contribution < 1.29 is 9.53 Å². The third-order valence-electron chi connectivity index (χ3n) is 2.86. The fraction of sp³-hybridized carbons (Fsp3) is 0.143. The van der Waals surface area contributed by atoms with Gasteiger partial charge in [-0.05, 0) is 30.7 Å². The molecule has 0 spiro atoms. The van der Waals surface area contributed by atoms with Gasteiger partial charge in [0.2, 0.25) is 0 Å². The Hall–Kier alpha value is -1.72. The molecule has 0 atom stereocenters. The molecule has 1 aromatic carbocycles. The van der Waals surface area contributed by atoms with Crippen molar-refractivity contribution in [3.8, 4) is 11.3 Å². The smallest absolute Gasteiger partial charge is 0.358 e. The van der Waals surface area contributed by atoms with E-state index in [1.165, 1.54) is 7.11 Å². The summed E-state index contributed by atoms with van der Waals surface area (Å²) in [6.45, 7) is 1.94.